The van der Waals surface area contributed by atoms with Crippen molar-refractivity contribution in [2.24, 2.45) is 0 Å². The first-order chi connectivity index (χ1) is 14.0. The van der Waals surface area contributed by atoms with Crippen molar-refractivity contribution in [2.75, 3.05) is 13.1 Å². The summed E-state index contributed by atoms with van der Waals surface area (Å²) < 4.78 is 69.3. The van der Waals surface area contributed by atoms with Gasteiger partial charge in [-0.1, -0.05) is 6.07 Å². The van der Waals surface area contributed by atoms with E-state index in [1.54, 1.807) is 13.0 Å². The SMILES string of the molecule is Cc1cc(C2CN(C(=O)c3cccc(C(F)(F)F)c3)CC(F)(F)C2)n2ncnc2n1. The standard InChI is InChI=1S/C19H16F5N5O/c1-11-5-15(29-17(27-11)25-10-26-29)13-7-18(20,21)9-28(8-13)16(30)12-3-2-4-14(6-12)19(22,23)24/h2-6,10,13H,7-9H2,1H3. The molecule has 158 valence electrons. The minimum Gasteiger partial charge on any atom is -0.332 e. The van der Waals surface area contributed by atoms with Gasteiger partial charge in [0.1, 0.15) is 6.33 Å². The van der Waals surface area contributed by atoms with Crippen molar-refractivity contribution in [1.82, 2.24) is 24.5 Å². The van der Waals surface area contributed by atoms with Gasteiger partial charge >= 0.3 is 6.18 Å². The summed E-state index contributed by atoms with van der Waals surface area (Å²) in [6.07, 6.45) is -3.92. The van der Waals surface area contributed by atoms with Crippen LogP contribution in [0.15, 0.2) is 36.7 Å². The third-order valence-electron chi connectivity index (χ3n) is 4.96. The number of hydrogen-bond donors (Lipinski definition) is 0. The van der Waals surface area contributed by atoms with Crippen LogP contribution in [0.4, 0.5) is 22.0 Å². The zero-order valence-electron chi connectivity index (χ0n) is 15.7. The molecule has 1 saturated heterocycles. The second-order valence-electron chi connectivity index (χ2n) is 7.32. The summed E-state index contributed by atoms with van der Waals surface area (Å²) in [7, 11) is 0. The fourth-order valence-corrected chi connectivity index (χ4v) is 3.71. The lowest BCUT2D eigenvalue weighted by molar-refractivity contribution is -0.137. The molecule has 0 N–H and O–H groups in total. The van der Waals surface area contributed by atoms with Crippen LogP contribution in [0.2, 0.25) is 0 Å². The maximum absolute atomic E-state index is 14.5. The molecule has 2 aromatic heterocycles. The Kier molecular flexibility index (Phi) is 4.70. The average Bonchev–Trinajstić information content (AvgIpc) is 3.13. The number of halogens is 5. The molecule has 1 atom stereocenters. The summed E-state index contributed by atoms with van der Waals surface area (Å²) in [6, 6.07) is 5.37. The Bertz CT molecular complexity index is 1110. The number of nitrogens with zero attached hydrogens (tertiary/aromatic N) is 5. The van der Waals surface area contributed by atoms with Crippen molar-refractivity contribution in [1.29, 1.82) is 0 Å². The van der Waals surface area contributed by atoms with Crippen LogP contribution in [0.25, 0.3) is 5.78 Å². The molecule has 4 rings (SSSR count). The van der Waals surface area contributed by atoms with Gasteiger partial charge < -0.3 is 4.90 Å². The van der Waals surface area contributed by atoms with E-state index in [4.69, 9.17) is 0 Å². The number of carbonyl (C=O) groups is 1. The fraction of sp³-hybridized carbons (Fsp3) is 0.368. The number of piperidine rings is 1. The summed E-state index contributed by atoms with van der Waals surface area (Å²) in [6.45, 7) is 0.719. The normalized spacial score (nSPS) is 19.3. The molecule has 1 aromatic carbocycles. The van der Waals surface area contributed by atoms with Crippen LogP contribution in [0, 0.1) is 6.92 Å². The van der Waals surface area contributed by atoms with Gasteiger partial charge in [-0.3, -0.25) is 4.79 Å². The molecular weight excluding hydrogens is 409 g/mol. The van der Waals surface area contributed by atoms with E-state index in [1.807, 2.05) is 0 Å². The Morgan fingerprint density at radius 1 is 1.23 bits per heavy atom. The number of aryl methyl sites for hydroxylation is 1. The van der Waals surface area contributed by atoms with Gasteiger partial charge in [0.2, 0.25) is 0 Å². The first kappa shape index (κ1) is 20.2. The third-order valence-corrected chi connectivity index (χ3v) is 4.96. The van der Waals surface area contributed by atoms with Gasteiger partial charge in [0.15, 0.2) is 0 Å². The van der Waals surface area contributed by atoms with E-state index in [0.717, 1.165) is 17.0 Å². The van der Waals surface area contributed by atoms with Gasteiger partial charge in [-0.15, -0.1) is 0 Å². The van der Waals surface area contributed by atoms with Crippen molar-refractivity contribution in [3.63, 3.8) is 0 Å². The first-order valence-electron chi connectivity index (χ1n) is 9.05. The predicted molar refractivity (Wildman–Crippen MR) is 95.2 cm³/mol. The second kappa shape index (κ2) is 6.99. The Labute approximate surface area is 167 Å². The Hall–Kier alpha value is -3.11. The Morgan fingerprint density at radius 3 is 2.73 bits per heavy atom. The van der Waals surface area contributed by atoms with Crippen molar-refractivity contribution in [3.8, 4) is 0 Å². The molecule has 3 heterocycles. The summed E-state index contributed by atoms with van der Waals surface area (Å²) in [5.74, 6) is -4.65. The highest BCUT2D eigenvalue weighted by Gasteiger charge is 2.44. The fourth-order valence-electron chi connectivity index (χ4n) is 3.71. The lowest BCUT2D eigenvalue weighted by Crippen LogP contribution is -2.49. The molecule has 0 bridgehead atoms. The molecule has 1 fully saturated rings. The number of fused-ring (bicyclic) bond motifs is 1. The van der Waals surface area contributed by atoms with Gasteiger partial charge in [0, 0.05) is 30.1 Å². The van der Waals surface area contributed by atoms with Crippen molar-refractivity contribution >= 4 is 11.7 Å². The number of rotatable bonds is 2. The summed E-state index contributed by atoms with van der Waals surface area (Å²) >= 11 is 0. The van der Waals surface area contributed by atoms with E-state index >= 15 is 0 Å². The molecule has 30 heavy (non-hydrogen) atoms. The van der Waals surface area contributed by atoms with Crippen LogP contribution in [0.3, 0.4) is 0 Å². The van der Waals surface area contributed by atoms with Crippen LogP contribution in [0.5, 0.6) is 0 Å². The molecule has 1 unspecified atom stereocenters. The number of benzene rings is 1. The Morgan fingerprint density at radius 2 is 2.00 bits per heavy atom. The van der Waals surface area contributed by atoms with Crippen LogP contribution in [-0.2, 0) is 6.18 Å². The molecule has 0 saturated carbocycles. The Balaban J connectivity index is 1.68. The smallest absolute Gasteiger partial charge is 0.332 e. The van der Waals surface area contributed by atoms with Crippen LogP contribution < -0.4 is 0 Å². The zero-order chi connectivity index (χ0) is 21.7. The molecule has 0 spiro atoms. The number of likely N-dealkylation sites (tertiary alicyclic amines) is 1. The van der Waals surface area contributed by atoms with Gasteiger partial charge in [0.05, 0.1) is 17.8 Å². The summed E-state index contributed by atoms with van der Waals surface area (Å²) in [4.78, 5) is 21.8. The highest BCUT2D eigenvalue weighted by Crippen LogP contribution is 2.37. The molecule has 1 amide bonds. The average molecular weight is 425 g/mol. The number of amides is 1. The maximum Gasteiger partial charge on any atom is 0.416 e. The van der Waals surface area contributed by atoms with Gasteiger partial charge in [-0.05, 0) is 31.2 Å². The van der Waals surface area contributed by atoms with Gasteiger partial charge in [-0.25, -0.2) is 18.3 Å². The largest absolute Gasteiger partial charge is 0.416 e. The van der Waals surface area contributed by atoms with Crippen LogP contribution in [0.1, 0.15) is 39.6 Å². The van der Waals surface area contributed by atoms with Crippen molar-refractivity contribution < 1.29 is 26.7 Å². The first-order valence-corrected chi connectivity index (χ1v) is 9.05. The van der Waals surface area contributed by atoms with E-state index in [9.17, 15) is 26.7 Å². The predicted octanol–water partition coefficient (Wildman–Crippen LogP) is 3.72. The lowest BCUT2D eigenvalue weighted by Gasteiger charge is -2.37. The highest BCUT2D eigenvalue weighted by atomic mass is 19.4. The number of alkyl halides is 5. The van der Waals surface area contributed by atoms with Gasteiger partial charge in [-0.2, -0.15) is 23.3 Å². The third kappa shape index (κ3) is 3.83. The quantitative estimate of drug-likeness (QED) is 0.588. The molecule has 6 nitrogen and oxygen atoms in total. The monoisotopic (exact) mass is 425 g/mol. The van der Waals surface area contributed by atoms with E-state index in [-0.39, 0.29) is 17.9 Å². The van der Waals surface area contributed by atoms with Crippen LogP contribution >= 0.6 is 0 Å². The number of carbonyl (C=O) groups excluding carboxylic acids is 1. The molecule has 1 aliphatic heterocycles. The molecule has 3 aromatic rings. The molecule has 0 radical (unpaired) electrons. The molecule has 0 aliphatic carbocycles. The van der Waals surface area contributed by atoms with Gasteiger partial charge in [0.25, 0.3) is 17.6 Å². The van der Waals surface area contributed by atoms with Crippen molar-refractivity contribution in [3.05, 3.63) is 59.2 Å². The van der Waals surface area contributed by atoms with E-state index in [0.29, 0.717) is 17.5 Å². The maximum atomic E-state index is 14.5. The summed E-state index contributed by atoms with van der Waals surface area (Å²) in [5, 5.41) is 4.02. The second-order valence-corrected chi connectivity index (χ2v) is 7.32. The summed E-state index contributed by atoms with van der Waals surface area (Å²) in [5.41, 5.74) is -0.341. The van der Waals surface area contributed by atoms with Crippen molar-refractivity contribution in [2.45, 2.75) is 31.4 Å². The number of hydrogen-bond acceptors (Lipinski definition) is 4. The van der Waals surface area contributed by atoms with E-state index in [1.165, 1.54) is 16.9 Å². The minimum absolute atomic E-state index is 0.0942. The molecule has 11 heteroatoms. The molecule has 1 aliphatic rings. The van der Waals surface area contributed by atoms with E-state index < -0.39 is 42.5 Å². The number of aromatic nitrogens is 4. The zero-order valence-corrected chi connectivity index (χ0v) is 15.7. The van der Waals surface area contributed by atoms with Crippen LogP contribution in [-0.4, -0.2) is 49.4 Å². The topological polar surface area (TPSA) is 63.4 Å². The molecular formula is C19H16F5N5O. The lowest BCUT2D eigenvalue weighted by atomic mass is 9.91. The van der Waals surface area contributed by atoms with E-state index in [2.05, 4.69) is 15.1 Å². The highest BCUT2D eigenvalue weighted by molar-refractivity contribution is 5.94. The minimum atomic E-state index is -4.64.